The van der Waals surface area contributed by atoms with Gasteiger partial charge in [-0.25, -0.2) is 9.13 Å². The Morgan fingerprint density at radius 2 is 2.27 bits per heavy atom. The summed E-state index contributed by atoms with van der Waals surface area (Å²) < 4.78 is 4.58. The number of nitrogens with zero attached hydrogens (tertiary/aromatic N) is 3. The molecule has 0 fully saturated rings. The average molecular weight is 206 g/mol. The second kappa shape index (κ2) is 6.23. The zero-order chi connectivity index (χ0) is 11.1. The van der Waals surface area contributed by atoms with Crippen molar-refractivity contribution in [3.63, 3.8) is 0 Å². The van der Waals surface area contributed by atoms with Crippen LogP contribution < -0.4 is 4.57 Å². The highest BCUT2D eigenvalue weighted by molar-refractivity contribution is 4.83. The lowest BCUT2D eigenvalue weighted by Crippen LogP contribution is -2.36. The van der Waals surface area contributed by atoms with Gasteiger partial charge < -0.3 is 0 Å². The molecule has 0 saturated heterocycles. The Morgan fingerprint density at radius 3 is 2.87 bits per heavy atom. The summed E-state index contributed by atoms with van der Waals surface area (Å²) in [6, 6.07) is 2.19. The van der Waals surface area contributed by atoms with Crippen LogP contribution in [-0.4, -0.2) is 4.57 Å². The van der Waals surface area contributed by atoms with Gasteiger partial charge in [-0.3, -0.25) is 0 Å². The Bertz CT molecular complexity index is 333. The molecule has 1 aromatic rings. The van der Waals surface area contributed by atoms with Crippen LogP contribution in [0.5, 0.6) is 0 Å². The summed E-state index contributed by atoms with van der Waals surface area (Å²) in [5, 5.41) is 8.50. The molecule has 82 valence electrons. The lowest BCUT2D eigenvalue weighted by Gasteiger charge is -2.01. The highest BCUT2D eigenvalue weighted by Crippen LogP contribution is 2.01. The summed E-state index contributed by atoms with van der Waals surface area (Å²) >= 11 is 0. The van der Waals surface area contributed by atoms with Gasteiger partial charge in [-0.05, 0) is 12.8 Å². The van der Waals surface area contributed by atoms with E-state index in [-0.39, 0.29) is 0 Å². The van der Waals surface area contributed by atoms with E-state index in [1.807, 2.05) is 0 Å². The Morgan fingerprint density at radius 1 is 1.47 bits per heavy atom. The molecule has 3 nitrogen and oxygen atoms in total. The Hall–Kier alpha value is -1.30. The third kappa shape index (κ3) is 3.09. The van der Waals surface area contributed by atoms with Crippen LogP contribution in [0.2, 0.25) is 0 Å². The van der Waals surface area contributed by atoms with Crippen molar-refractivity contribution in [2.45, 2.75) is 52.6 Å². The fourth-order valence-corrected chi connectivity index (χ4v) is 1.88. The molecule has 15 heavy (non-hydrogen) atoms. The normalized spacial score (nSPS) is 10.2. The predicted octanol–water partition coefficient (Wildman–Crippen LogP) is 2.05. The number of hydrogen-bond acceptors (Lipinski definition) is 1. The predicted molar refractivity (Wildman–Crippen MR) is 59.1 cm³/mol. The van der Waals surface area contributed by atoms with Crippen molar-refractivity contribution in [3.05, 3.63) is 18.2 Å². The van der Waals surface area contributed by atoms with Crippen LogP contribution in [0.1, 0.15) is 38.9 Å². The SMILES string of the molecule is CCC[n+]1ccn(CCCC#N)c1CC. The van der Waals surface area contributed by atoms with E-state index in [9.17, 15) is 0 Å². The minimum Gasteiger partial charge on any atom is -0.234 e. The quantitative estimate of drug-likeness (QED) is 0.518. The third-order valence-electron chi connectivity index (χ3n) is 2.56. The maximum absolute atomic E-state index is 8.50. The van der Waals surface area contributed by atoms with Crippen LogP contribution >= 0.6 is 0 Å². The van der Waals surface area contributed by atoms with E-state index in [0.717, 1.165) is 25.9 Å². The first kappa shape index (κ1) is 11.8. The van der Waals surface area contributed by atoms with Gasteiger partial charge >= 0.3 is 0 Å². The summed E-state index contributed by atoms with van der Waals surface area (Å²) in [4.78, 5) is 0. The number of nitriles is 1. The first-order chi connectivity index (χ1) is 7.33. The summed E-state index contributed by atoms with van der Waals surface area (Å²) in [5.41, 5.74) is 0. The van der Waals surface area contributed by atoms with E-state index in [1.54, 1.807) is 0 Å². The van der Waals surface area contributed by atoms with Crippen molar-refractivity contribution in [1.82, 2.24) is 4.57 Å². The van der Waals surface area contributed by atoms with Gasteiger partial charge in [0, 0.05) is 12.8 Å². The molecule has 0 amide bonds. The fourth-order valence-electron chi connectivity index (χ4n) is 1.88. The Kier molecular flexibility index (Phi) is 4.89. The molecule has 0 aliphatic carbocycles. The van der Waals surface area contributed by atoms with Gasteiger partial charge in [0.25, 0.3) is 5.82 Å². The van der Waals surface area contributed by atoms with Gasteiger partial charge in [-0.2, -0.15) is 5.26 Å². The first-order valence-electron chi connectivity index (χ1n) is 5.77. The van der Waals surface area contributed by atoms with Crippen molar-refractivity contribution >= 4 is 0 Å². The van der Waals surface area contributed by atoms with Gasteiger partial charge in [-0.15, -0.1) is 0 Å². The van der Waals surface area contributed by atoms with Gasteiger partial charge in [-0.1, -0.05) is 13.8 Å². The third-order valence-corrected chi connectivity index (χ3v) is 2.56. The maximum Gasteiger partial charge on any atom is 0.256 e. The van der Waals surface area contributed by atoms with Crippen LogP contribution in [0.25, 0.3) is 0 Å². The van der Waals surface area contributed by atoms with Crippen molar-refractivity contribution in [3.8, 4) is 6.07 Å². The molecule has 1 rings (SSSR count). The molecule has 0 radical (unpaired) electrons. The van der Waals surface area contributed by atoms with Crippen LogP contribution in [-0.2, 0) is 19.5 Å². The van der Waals surface area contributed by atoms with Crippen molar-refractivity contribution in [2.24, 2.45) is 0 Å². The largest absolute Gasteiger partial charge is 0.256 e. The first-order valence-corrected chi connectivity index (χ1v) is 5.77. The highest BCUT2D eigenvalue weighted by atomic mass is 15.1. The van der Waals surface area contributed by atoms with Gasteiger partial charge in [0.05, 0.1) is 19.2 Å². The van der Waals surface area contributed by atoms with E-state index in [1.165, 1.54) is 12.2 Å². The van der Waals surface area contributed by atoms with E-state index in [0.29, 0.717) is 6.42 Å². The molecule has 0 bridgehead atoms. The molecule has 0 unspecified atom stereocenters. The Labute approximate surface area is 92.0 Å². The van der Waals surface area contributed by atoms with Crippen LogP contribution in [0, 0.1) is 11.3 Å². The number of unbranched alkanes of at least 4 members (excludes halogenated alkanes) is 1. The van der Waals surface area contributed by atoms with E-state index < -0.39 is 0 Å². The van der Waals surface area contributed by atoms with Gasteiger partial charge in [0.2, 0.25) is 0 Å². The molecule has 0 aromatic carbocycles. The lowest BCUT2D eigenvalue weighted by molar-refractivity contribution is -0.703. The molecule has 0 aliphatic rings. The van der Waals surface area contributed by atoms with Crippen molar-refractivity contribution in [1.29, 1.82) is 5.26 Å². The smallest absolute Gasteiger partial charge is 0.234 e. The minimum atomic E-state index is 0.648. The molecule has 0 atom stereocenters. The minimum absolute atomic E-state index is 0.648. The van der Waals surface area contributed by atoms with E-state index in [4.69, 9.17) is 5.26 Å². The molecule has 1 heterocycles. The maximum atomic E-state index is 8.50. The number of rotatable bonds is 6. The molecule has 0 N–H and O–H groups in total. The van der Waals surface area contributed by atoms with Crippen LogP contribution in [0.15, 0.2) is 12.4 Å². The second-order valence-electron chi connectivity index (χ2n) is 3.72. The number of aryl methyl sites for hydroxylation is 2. The zero-order valence-electron chi connectivity index (χ0n) is 9.74. The molecule has 0 aliphatic heterocycles. The summed E-state index contributed by atoms with van der Waals surface area (Å²) in [6.07, 6.45) is 8.10. The average Bonchev–Trinajstić information content (AvgIpc) is 2.62. The Balaban J connectivity index is 2.67. The summed E-state index contributed by atoms with van der Waals surface area (Å²) in [7, 11) is 0. The lowest BCUT2D eigenvalue weighted by atomic mass is 10.3. The van der Waals surface area contributed by atoms with Gasteiger partial charge in [0.15, 0.2) is 0 Å². The van der Waals surface area contributed by atoms with E-state index >= 15 is 0 Å². The van der Waals surface area contributed by atoms with Gasteiger partial charge in [0.1, 0.15) is 12.4 Å². The molecular formula is C12H20N3+. The van der Waals surface area contributed by atoms with Crippen LogP contribution in [0.4, 0.5) is 0 Å². The molecule has 0 spiro atoms. The number of hydrogen-bond donors (Lipinski definition) is 0. The monoisotopic (exact) mass is 206 g/mol. The van der Waals surface area contributed by atoms with Crippen LogP contribution in [0.3, 0.4) is 0 Å². The second-order valence-corrected chi connectivity index (χ2v) is 3.72. The van der Waals surface area contributed by atoms with E-state index in [2.05, 4.69) is 41.4 Å². The topological polar surface area (TPSA) is 32.6 Å². The van der Waals surface area contributed by atoms with Crippen molar-refractivity contribution < 1.29 is 4.57 Å². The molecular weight excluding hydrogens is 186 g/mol. The molecule has 0 saturated carbocycles. The fraction of sp³-hybridized carbons (Fsp3) is 0.667. The number of aromatic nitrogens is 2. The summed E-state index contributed by atoms with van der Waals surface area (Å²) in [6.45, 7) is 6.43. The number of imidazole rings is 1. The zero-order valence-corrected chi connectivity index (χ0v) is 9.74. The highest BCUT2D eigenvalue weighted by Gasteiger charge is 2.13. The molecule has 3 heteroatoms. The molecule has 1 aromatic heterocycles. The van der Waals surface area contributed by atoms with Crippen molar-refractivity contribution in [2.75, 3.05) is 0 Å². The standard InChI is InChI=1S/C12H20N3/c1-3-8-14-10-11-15(12(14)4-2)9-6-5-7-13/h10-11H,3-6,8-9H2,1-2H3/q+1. The summed E-state index contributed by atoms with van der Waals surface area (Å²) in [5.74, 6) is 1.37.